The summed E-state index contributed by atoms with van der Waals surface area (Å²) in [4.78, 5) is 32.0. The van der Waals surface area contributed by atoms with E-state index in [1.165, 1.54) is 12.1 Å². The first kappa shape index (κ1) is 34.0. The molecule has 0 spiro atoms. The molecular weight excluding hydrogens is 595 g/mol. The molecule has 1 aliphatic rings. The van der Waals surface area contributed by atoms with Crippen molar-refractivity contribution in [2.24, 2.45) is 4.99 Å². The molecule has 0 bridgehead atoms. The Labute approximate surface area is 268 Å². The second-order valence-corrected chi connectivity index (χ2v) is 12.8. The van der Waals surface area contributed by atoms with Gasteiger partial charge in [0.1, 0.15) is 17.2 Å². The van der Waals surface area contributed by atoms with Crippen LogP contribution in [0.2, 0.25) is 0 Å². The molecule has 45 heavy (non-hydrogen) atoms. The number of aliphatic imine (C=N–C) groups is 1. The topological polar surface area (TPSA) is 106 Å². The van der Waals surface area contributed by atoms with E-state index in [1.54, 1.807) is 56.8 Å². The molecule has 240 valence electrons. The van der Waals surface area contributed by atoms with Gasteiger partial charge in [0.2, 0.25) is 5.90 Å². The Morgan fingerprint density at radius 2 is 1.76 bits per heavy atom. The van der Waals surface area contributed by atoms with Crippen LogP contribution in [0.25, 0.3) is 0 Å². The van der Waals surface area contributed by atoms with Gasteiger partial charge in [-0.05, 0) is 74.7 Å². The smallest absolute Gasteiger partial charge is 0.306 e. The normalized spacial score (nSPS) is 17.7. The van der Waals surface area contributed by atoms with Crippen molar-refractivity contribution in [3.8, 4) is 5.75 Å². The number of esters is 1. The Balaban J connectivity index is 1.58. The van der Waals surface area contributed by atoms with Gasteiger partial charge in [0.15, 0.2) is 11.6 Å². The molecular formula is C35H41FN2O6S. The first-order valence-corrected chi connectivity index (χ1v) is 16.2. The highest BCUT2D eigenvalue weighted by Crippen LogP contribution is 2.43. The average molecular weight is 637 g/mol. The summed E-state index contributed by atoms with van der Waals surface area (Å²) in [5, 5.41) is 12.1. The lowest BCUT2D eigenvalue weighted by Crippen LogP contribution is -2.49. The van der Waals surface area contributed by atoms with E-state index in [1.807, 2.05) is 42.5 Å². The maximum atomic E-state index is 14.2. The highest BCUT2D eigenvalue weighted by Gasteiger charge is 2.53. The quantitative estimate of drug-likeness (QED) is 0.155. The number of nitrogens with zero attached hydrogens (tertiary/aromatic N) is 1. The number of halogens is 1. The average Bonchev–Trinajstić information content (AvgIpc) is 3.42. The number of carbonyl (C=O) groups excluding carboxylic acids is 2. The second kappa shape index (κ2) is 15.9. The minimum absolute atomic E-state index is 0.0366. The van der Waals surface area contributed by atoms with E-state index in [9.17, 15) is 14.0 Å². The van der Waals surface area contributed by atoms with Gasteiger partial charge in [0.05, 0.1) is 6.61 Å². The van der Waals surface area contributed by atoms with E-state index in [-0.39, 0.29) is 37.1 Å². The largest absolute Gasteiger partial charge is 0.494 e. The van der Waals surface area contributed by atoms with E-state index in [4.69, 9.17) is 24.3 Å². The zero-order valence-electron chi connectivity index (χ0n) is 26.0. The van der Waals surface area contributed by atoms with Gasteiger partial charge in [-0.25, -0.2) is 9.38 Å². The summed E-state index contributed by atoms with van der Waals surface area (Å²) in [6, 6.07) is 23.0. The molecule has 1 aliphatic heterocycles. The van der Waals surface area contributed by atoms with Crippen molar-refractivity contribution in [2.45, 2.75) is 63.0 Å². The van der Waals surface area contributed by atoms with Crippen LogP contribution >= 0.6 is 11.8 Å². The number of hydrogen-bond acceptors (Lipinski definition) is 8. The first-order valence-electron chi connectivity index (χ1n) is 15.1. The predicted octanol–water partition coefficient (Wildman–Crippen LogP) is 6.02. The van der Waals surface area contributed by atoms with Crippen LogP contribution in [0.1, 0.15) is 62.8 Å². The van der Waals surface area contributed by atoms with E-state index in [0.29, 0.717) is 42.4 Å². The first-order chi connectivity index (χ1) is 21.6. The van der Waals surface area contributed by atoms with E-state index in [0.717, 1.165) is 11.1 Å². The Hall–Kier alpha value is -3.89. The minimum atomic E-state index is -1.44. The van der Waals surface area contributed by atoms with Gasteiger partial charge in [-0.15, -0.1) is 0 Å². The van der Waals surface area contributed by atoms with Gasteiger partial charge in [0.25, 0.3) is 5.91 Å². The van der Waals surface area contributed by atoms with Gasteiger partial charge in [0, 0.05) is 43.1 Å². The molecule has 1 amide bonds. The predicted molar refractivity (Wildman–Crippen MR) is 174 cm³/mol. The van der Waals surface area contributed by atoms with Crippen LogP contribution in [0.4, 0.5) is 4.39 Å². The molecule has 3 aromatic rings. The van der Waals surface area contributed by atoms with E-state index < -0.39 is 23.2 Å². The number of hydrogen-bond donors (Lipinski definition) is 2. The van der Waals surface area contributed by atoms with E-state index >= 15 is 0 Å². The van der Waals surface area contributed by atoms with Gasteiger partial charge >= 0.3 is 5.97 Å². The van der Waals surface area contributed by atoms with Gasteiger partial charge < -0.3 is 24.6 Å². The lowest BCUT2D eigenvalue weighted by atomic mass is 9.83. The summed E-state index contributed by atoms with van der Waals surface area (Å²) in [5.74, 6) is 1.18. The lowest BCUT2D eigenvalue weighted by Gasteiger charge is -2.31. The molecule has 2 N–H and O–H groups in total. The molecule has 10 heteroatoms. The fraction of sp³-hybridized carbons (Fsp3) is 0.400. The highest BCUT2D eigenvalue weighted by molar-refractivity contribution is 7.98. The maximum Gasteiger partial charge on any atom is 0.306 e. The van der Waals surface area contributed by atoms with Crippen molar-refractivity contribution >= 4 is 29.5 Å². The third-order valence-electron chi connectivity index (χ3n) is 6.98. The third kappa shape index (κ3) is 9.80. The molecule has 8 nitrogen and oxygen atoms in total. The molecule has 4 rings (SSSR count). The second-order valence-electron chi connectivity index (χ2n) is 11.7. The number of benzene rings is 3. The number of rotatable bonds is 15. The van der Waals surface area contributed by atoms with Gasteiger partial charge in [-0.3, -0.25) is 9.59 Å². The summed E-state index contributed by atoms with van der Waals surface area (Å²) in [6.45, 7) is 6.20. The molecule has 1 heterocycles. The Kier molecular flexibility index (Phi) is 12.0. The minimum Gasteiger partial charge on any atom is -0.494 e. The molecule has 0 saturated heterocycles. The Bertz CT molecular complexity index is 1430. The highest BCUT2D eigenvalue weighted by atomic mass is 32.2. The lowest BCUT2D eigenvalue weighted by molar-refractivity contribution is -0.155. The SMILES string of the molecule is CC(C)(C)OC(=O)CC[C@@]1(C(=O)NCCSCc2ccc(F)cc2)N=C(c2ccc(OCCCO)cc2)O[C@@H]1c1ccccc1. The molecule has 0 radical (unpaired) electrons. The van der Waals surface area contributed by atoms with Crippen molar-refractivity contribution in [3.05, 3.63) is 101 Å². The van der Waals surface area contributed by atoms with Crippen molar-refractivity contribution in [1.29, 1.82) is 0 Å². The van der Waals surface area contributed by atoms with Crippen LogP contribution in [-0.2, 0) is 24.8 Å². The molecule has 0 unspecified atom stereocenters. The fourth-order valence-corrected chi connectivity index (χ4v) is 5.66. The summed E-state index contributed by atoms with van der Waals surface area (Å²) in [7, 11) is 0. The zero-order chi connectivity index (χ0) is 32.3. The van der Waals surface area contributed by atoms with Crippen LogP contribution in [0.3, 0.4) is 0 Å². The Morgan fingerprint density at radius 1 is 1.04 bits per heavy atom. The van der Waals surface area contributed by atoms with Crippen molar-refractivity contribution in [1.82, 2.24) is 5.32 Å². The monoisotopic (exact) mass is 636 g/mol. The molecule has 0 aromatic heterocycles. The standard InChI is InChI=1S/C35H41FN2O6S/c1-34(2,3)44-30(40)18-19-35(33(41)37-20-23-45-24-25-10-14-28(36)15-11-25)31(26-8-5-4-6-9-26)43-32(38-35)27-12-16-29(17-13-27)42-22-7-21-39/h4-6,8-17,31,39H,7,18-24H2,1-3H3,(H,37,41)/t31-,35-/m1/s1. The Morgan fingerprint density at radius 3 is 2.42 bits per heavy atom. The number of thioether (sulfide) groups is 1. The van der Waals surface area contributed by atoms with Gasteiger partial charge in [-0.1, -0.05) is 42.5 Å². The molecule has 0 fully saturated rings. The van der Waals surface area contributed by atoms with E-state index in [2.05, 4.69) is 5.32 Å². The van der Waals surface area contributed by atoms with Gasteiger partial charge in [-0.2, -0.15) is 11.8 Å². The summed E-state index contributed by atoms with van der Waals surface area (Å²) >= 11 is 1.62. The maximum absolute atomic E-state index is 14.2. The fourth-order valence-electron chi connectivity index (χ4n) is 4.84. The number of nitrogens with one attached hydrogen (secondary N) is 1. The molecule has 0 saturated carbocycles. The molecule has 3 aromatic carbocycles. The number of aliphatic hydroxyl groups excluding tert-OH is 1. The van der Waals surface area contributed by atoms with Crippen molar-refractivity contribution in [3.63, 3.8) is 0 Å². The van der Waals surface area contributed by atoms with Crippen LogP contribution < -0.4 is 10.1 Å². The number of carbonyl (C=O) groups is 2. The molecule has 0 aliphatic carbocycles. The van der Waals surface area contributed by atoms with Crippen molar-refractivity contribution in [2.75, 3.05) is 25.5 Å². The number of ether oxygens (including phenoxy) is 3. The molecule has 2 atom stereocenters. The van der Waals surface area contributed by atoms with Crippen molar-refractivity contribution < 1.29 is 33.3 Å². The van der Waals surface area contributed by atoms with Crippen LogP contribution in [0, 0.1) is 5.82 Å². The third-order valence-corrected chi connectivity index (χ3v) is 8.01. The number of aliphatic hydroxyl groups is 1. The summed E-state index contributed by atoms with van der Waals surface area (Å²) in [5.41, 5.74) is 0.298. The zero-order valence-corrected chi connectivity index (χ0v) is 26.8. The summed E-state index contributed by atoms with van der Waals surface area (Å²) in [6.07, 6.45) is -0.230. The van der Waals surface area contributed by atoms with Crippen LogP contribution in [0.15, 0.2) is 83.9 Å². The number of amides is 1. The van der Waals surface area contributed by atoms with Crippen LogP contribution in [-0.4, -0.2) is 59.5 Å². The van der Waals surface area contributed by atoms with Crippen LogP contribution in [0.5, 0.6) is 5.75 Å². The summed E-state index contributed by atoms with van der Waals surface area (Å²) < 4.78 is 30.9.